The fourth-order valence-corrected chi connectivity index (χ4v) is 4.02. The molecule has 6 nitrogen and oxygen atoms in total. The molecule has 0 radical (unpaired) electrons. The molecule has 1 fully saturated rings. The van der Waals surface area contributed by atoms with Gasteiger partial charge in [-0.25, -0.2) is 18.1 Å². The van der Waals surface area contributed by atoms with Crippen LogP contribution >= 0.6 is 0 Å². The fraction of sp³-hybridized carbons (Fsp3) is 0.750. The molecule has 106 valence electrons. The van der Waals surface area contributed by atoms with Gasteiger partial charge in [-0.1, -0.05) is 0 Å². The zero-order valence-electron chi connectivity index (χ0n) is 10.9. The summed E-state index contributed by atoms with van der Waals surface area (Å²) in [6, 6.07) is 0.0324. The molecule has 0 spiro atoms. The summed E-state index contributed by atoms with van der Waals surface area (Å²) in [7, 11) is -3.46. The van der Waals surface area contributed by atoms with Gasteiger partial charge in [0.2, 0.25) is 0 Å². The van der Waals surface area contributed by atoms with E-state index < -0.39 is 10.0 Å². The van der Waals surface area contributed by atoms with Gasteiger partial charge in [-0.2, -0.15) is 0 Å². The van der Waals surface area contributed by atoms with Gasteiger partial charge in [0.25, 0.3) is 10.0 Å². The first-order valence-corrected chi connectivity index (χ1v) is 8.42. The van der Waals surface area contributed by atoms with E-state index in [1.807, 2.05) is 4.57 Å². The Morgan fingerprint density at radius 3 is 2.84 bits per heavy atom. The second-order valence-corrected chi connectivity index (χ2v) is 6.95. The van der Waals surface area contributed by atoms with E-state index in [-0.39, 0.29) is 11.1 Å². The first-order chi connectivity index (χ1) is 9.15. The van der Waals surface area contributed by atoms with Crippen LogP contribution < -0.4 is 10.0 Å². The van der Waals surface area contributed by atoms with E-state index in [9.17, 15) is 8.42 Å². The molecule has 19 heavy (non-hydrogen) atoms. The molecule has 3 heterocycles. The average Bonchev–Trinajstić information content (AvgIpc) is 2.84. The van der Waals surface area contributed by atoms with Crippen LogP contribution in [0.2, 0.25) is 0 Å². The van der Waals surface area contributed by atoms with Gasteiger partial charge in [-0.15, -0.1) is 0 Å². The Morgan fingerprint density at radius 2 is 2.11 bits per heavy atom. The van der Waals surface area contributed by atoms with Crippen molar-refractivity contribution >= 4 is 10.0 Å². The smallest absolute Gasteiger partial charge is 0.259 e. The Morgan fingerprint density at radius 1 is 1.32 bits per heavy atom. The summed E-state index contributed by atoms with van der Waals surface area (Å²) < 4.78 is 29.4. The van der Waals surface area contributed by atoms with Crippen molar-refractivity contribution in [3.63, 3.8) is 0 Å². The Kier molecular flexibility index (Phi) is 3.60. The van der Waals surface area contributed by atoms with Gasteiger partial charge < -0.3 is 9.88 Å². The number of rotatable bonds is 3. The molecule has 7 heteroatoms. The molecule has 3 rings (SSSR count). The highest BCUT2D eigenvalue weighted by Gasteiger charge is 2.25. The van der Waals surface area contributed by atoms with Crippen LogP contribution in [-0.2, 0) is 23.0 Å². The van der Waals surface area contributed by atoms with Crippen LogP contribution in [0.15, 0.2) is 11.2 Å². The third-order valence-electron chi connectivity index (χ3n) is 3.82. The molecule has 0 unspecified atom stereocenters. The van der Waals surface area contributed by atoms with Crippen molar-refractivity contribution in [2.24, 2.45) is 0 Å². The zero-order chi connectivity index (χ0) is 13.3. The largest absolute Gasteiger partial charge is 0.333 e. The highest BCUT2D eigenvalue weighted by atomic mass is 32.2. The van der Waals surface area contributed by atoms with E-state index in [4.69, 9.17) is 0 Å². The molecule has 1 aromatic rings. The van der Waals surface area contributed by atoms with Gasteiger partial charge in [-0.05, 0) is 38.8 Å². The Hall–Kier alpha value is -0.920. The molecule has 2 aliphatic heterocycles. The standard InChI is InChI=1S/C12H20N4O2S/c17-19(18,15-10-4-6-13-7-5-10)12-9-16-8-2-1-3-11(16)14-12/h9-10,13,15H,1-8H2. The lowest BCUT2D eigenvalue weighted by Crippen LogP contribution is -2.42. The maximum absolute atomic E-state index is 12.3. The molecular formula is C12H20N4O2S. The molecule has 0 atom stereocenters. The molecule has 0 aromatic carbocycles. The minimum absolute atomic E-state index is 0.0324. The maximum Gasteiger partial charge on any atom is 0.259 e. The van der Waals surface area contributed by atoms with E-state index in [0.717, 1.165) is 57.6 Å². The SMILES string of the molecule is O=S(=O)(NC1CCNCC1)c1cn2c(n1)CCCC2. The third kappa shape index (κ3) is 2.82. The predicted molar refractivity (Wildman–Crippen MR) is 71.4 cm³/mol. The normalized spacial score (nSPS) is 21.3. The van der Waals surface area contributed by atoms with Gasteiger partial charge in [0, 0.05) is 25.2 Å². The number of nitrogens with one attached hydrogen (secondary N) is 2. The van der Waals surface area contributed by atoms with E-state index in [1.165, 1.54) is 0 Å². The Labute approximate surface area is 113 Å². The lowest BCUT2D eigenvalue weighted by molar-refractivity contribution is 0.426. The van der Waals surface area contributed by atoms with Crippen molar-refractivity contribution < 1.29 is 8.42 Å². The van der Waals surface area contributed by atoms with E-state index in [0.29, 0.717) is 0 Å². The van der Waals surface area contributed by atoms with Gasteiger partial charge in [-0.3, -0.25) is 0 Å². The van der Waals surface area contributed by atoms with Crippen molar-refractivity contribution in [3.05, 3.63) is 12.0 Å². The minimum atomic E-state index is -3.46. The van der Waals surface area contributed by atoms with Crippen LogP contribution in [0.25, 0.3) is 0 Å². The van der Waals surface area contributed by atoms with Crippen LogP contribution in [-0.4, -0.2) is 37.1 Å². The van der Waals surface area contributed by atoms with Crippen LogP contribution in [0.5, 0.6) is 0 Å². The fourth-order valence-electron chi connectivity index (χ4n) is 2.74. The summed E-state index contributed by atoms with van der Waals surface area (Å²) in [5, 5.41) is 3.41. The van der Waals surface area contributed by atoms with Gasteiger partial charge >= 0.3 is 0 Å². The van der Waals surface area contributed by atoms with E-state index >= 15 is 0 Å². The third-order valence-corrected chi connectivity index (χ3v) is 5.21. The number of hydrogen-bond donors (Lipinski definition) is 2. The molecule has 0 aliphatic carbocycles. The maximum atomic E-state index is 12.3. The van der Waals surface area contributed by atoms with Crippen LogP contribution in [0, 0.1) is 0 Å². The summed E-state index contributed by atoms with van der Waals surface area (Å²) in [5.74, 6) is 0.900. The molecule has 0 saturated carbocycles. The zero-order valence-corrected chi connectivity index (χ0v) is 11.7. The van der Waals surface area contributed by atoms with E-state index in [1.54, 1.807) is 6.20 Å². The summed E-state index contributed by atoms with van der Waals surface area (Å²) >= 11 is 0. The van der Waals surface area contributed by atoms with Crippen molar-refractivity contribution in [1.29, 1.82) is 0 Å². The predicted octanol–water partition coefficient (Wildman–Crippen LogP) is 0.250. The second kappa shape index (κ2) is 5.22. The topological polar surface area (TPSA) is 76.0 Å². The quantitative estimate of drug-likeness (QED) is 0.834. The van der Waals surface area contributed by atoms with Gasteiger partial charge in [0.15, 0.2) is 5.03 Å². The lowest BCUT2D eigenvalue weighted by atomic mass is 10.1. The highest BCUT2D eigenvalue weighted by Crippen LogP contribution is 2.18. The number of imidazole rings is 1. The van der Waals surface area contributed by atoms with Crippen LogP contribution in [0.1, 0.15) is 31.5 Å². The van der Waals surface area contributed by atoms with Crippen molar-refractivity contribution in [2.45, 2.75) is 49.7 Å². The highest BCUT2D eigenvalue weighted by molar-refractivity contribution is 7.89. The number of sulfonamides is 1. The number of nitrogens with zero attached hydrogens (tertiary/aromatic N) is 2. The molecule has 2 N–H and O–H groups in total. The number of piperidine rings is 1. The lowest BCUT2D eigenvalue weighted by Gasteiger charge is -2.22. The summed E-state index contributed by atoms with van der Waals surface area (Å²) in [6.07, 6.45) is 6.43. The van der Waals surface area contributed by atoms with Crippen molar-refractivity contribution in [2.75, 3.05) is 13.1 Å². The summed E-state index contributed by atoms with van der Waals surface area (Å²) in [4.78, 5) is 4.28. The Balaban J connectivity index is 1.77. The summed E-state index contributed by atoms with van der Waals surface area (Å²) in [6.45, 7) is 2.62. The molecule has 1 aromatic heterocycles. The molecule has 1 saturated heterocycles. The second-order valence-electron chi connectivity index (χ2n) is 5.29. The Bertz CT molecular complexity index is 523. The summed E-state index contributed by atoms with van der Waals surface area (Å²) in [5.41, 5.74) is 0. The number of hydrogen-bond acceptors (Lipinski definition) is 4. The van der Waals surface area contributed by atoms with Crippen LogP contribution in [0.3, 0.4) is 0 Å². The average molecular weight is 284 g/mol. The molecular weight excluding hydrogens is 264 g/mol. The van der Waals surface area contributed by atoms with Gasteiger partial charge in [0.05, 0.1) is 0 Å². The number of aryl methyl sites for hydroxylation is 2. The minimum Gasteiger partial charge on any atom is -0.333 e. The first-order valence-electron chi connectivity index (χ1n) is 6.94. The molecule has 0 bridgehead atoms. The van der Waals surface area contributed by atoms with Crippen LogP contribution in [0.4, 0.5) is 0 Å². The van der Waals surface area contributed by atoms with E-state index in [2.05, 4.69) is 15.0 Å². The molecule has 2 aliphatic rings. The number of aromatic nitrogens is 2. The van der Waals surface area contributed by atoms with Crippen molar-refractivity contribution in [1.82, 2.24) is 19.6 Å². The first kappa shape index (κ1) is 13.1. The molecule has 0 amide bonds. The van der Waals surface area contributed by atoms with Gasteiger partial charge in [0.1, 0.15) is 5.82 Å². The monoisotopic (exact) mass is 284 g/mol. The van der Waals surface area contributed by atoms with Crippen molar-refractivity contribution in [3.8, 4) is 0 Å². The number of fused-ring (bicyclic) bond motifs is 1.